The van der Waals surface area contributed by atoms with Gasteiger partial charge >= 0.3 is 0 Å². The molecule has 1 aliphatic rings. The number of rotatable bonds is 6. The molecule has 0 amide bonds. The number of anilines is 2. The van der Waals surface area contributed by atoms with E-state index in [4.69, 9.17) is 14.7 Å². The van der Waals surface area contributed by atoms with E-state index >= 15 is 0 Å². The summed E-state index contributed by atoms with van der Waals surface area (Å²) in [6.45, 7) is 2.27. The Morgan fingerprint density at radius 2 is 2.03 bits per heavy atom. The van der Waals surface area contributed by atoms with E-state index in [2.05, 4.69) is 56.7 Å². The van der Waals surface area contributed by atoms with Crippen molar-refractivity contribution in [3.05, 3.63) is 59.9 Å². The van der Waals surface area contributed by atoms with E-state index in [0.717, 1.165) is 47.8 Å². The van der Waals surface area contributed by atoms with Gasteiger partial charge in [-0.3, -0.25) is 0 Å². The van der Waals surface area contributed by atoms with Crippen molar-refractivity contribution in [3.8, 4) is 11.1 Å². The van der Waals surface area contributed by atoms with Crippen molar-refractivity contribution in [2.24, 2.45) is 0 Å². The molecule has 1 fully saturated rings. The predicted octanol–water partition coefficient (Wildman–Crippen LogP) is 4.40. The van der Waals surface area contributed by atoms with E-state index in [1.165, 1.54) is 11.1 Å². The molecule has 0 bridgehead atoms. The van der Waals surface area contributed by atoms with E-state index in [1.54, 1.807) is 24.6 Å². The van der Waals surface area contributed by atoms with E-state index in [-0.39, 0.29) is 0 Å². The van der Waals surface area contributed by atoms with Crippen LogP contribution in [0, 0.1) is 0 Å². The number of benzene rings is 1. The first-order chi connectivity index (χ1) is 15.7. The lowest BCUT2D eigenvalue weighted by Crippen LogP contribution is -2.47. The molecule has 0 radical (unpaired) electrons. The zero-order valence-corrected chi connectivity index (χ0v) is 19.1. The van der Waals surface area contributed by atoms with Crippen LogP contribution in [-0.4, -0.2) is 53.5 Å². The number of thiophene rings is 1. The summed E-state index contributed by atoms with van der Waals surface area (Å²) in [7, 11) is 3.83. The highest BCUT2D eigenvalue weighted by atomic mass is 32.1. The van der Waals surface area contributed by atoms with E-state index < -0.39 is 0 Å². The van der Waals surface area contributed by atoms with Crippen molar-refractivity contribution in [1.82, 2.24) is 20.2 Å². The Labute approximate surface area is 191 Å². The molecule has 3 aromatic heterocycles. The third-order valence-corrected chi connectivity index (χ3v) is 6.85. The molecule has 0 N–H and O–H groups in total. The van der Waals surface area contributed by atoms with E-state index in [0.29, 0.717) is 18.5 Å². The molecule has 4 aromatic rings. The summed E-state index contributed by atoms with van der Waals surface area (Å²) in [5, 5.41) is 11.7. The first-order valence-corrected chi connectivity index (χ1v) is 11.7. The largest absolute Gasteiger partial charge is 0.377 e. The number of methoxy groups -OCH3 is 1. The van der Waals surface area contributed by atoms with Gasteiger partial charge < -0.3 is 14.5 Å². The molecule has 1 atom stereocenters. The Morgan fingerprint density at radius 1 is 1.16 bits per heavy atom. The highest BCUT2D eigenvalue weighted by Gasteiger charge is 2.28. The van der Waals surface area contributed by atoms with Gasteiger partial charge in [0.2, 0.25) is 0 Å². The molecule has 1 saturated heterocycles. The molecule has 0 saturated carbocycles. The third-order valence-electron chi connectivity index (χ3n) is 5.98. The van der Waals surface area contributed by atoms with Gasteiger partial charge in [0.1, 0.15) is 17.3 Å². The standard InChI is InChI=1S/C24H26N6OS/c1-29(18-10-7-13-30(14-18)21-11-6-12-25-28-21)23-22-19(17-8-4-3-5-9-17)16-32-24(22)27-20(26-23)15-31-2/h3-6,8-9,11-12,16,18H,7,10,13-15H2,1-2H3. The molecule has 1 unspecified atom stereocenters. The summed E-state index contributed by atoms with van der Waals surface area (Å²) in [4.78, 5) is 15.4. The van der Waals surface area contributed by atoms with Crippen LogP contribution in [0.3, 0.4) is 0 Å². The van der Waals surface area contributed by atoms with Crippen molar-refractivity contribution in [2.75, 3.05) is 37.0 Å². The molecule has 164 valence electrons. The smallest absolute Gasteiger partial charge is 0.158 e. The molecular weight excluding hydrogens is 420 g/mol. The topological polar surface area (TPSA) is 67.3 Å². The minimum Gasteiger partial charge on any atom is -0.377 e. The number of hydrogen-bond donors (Lipinski definition) is 0. The van der Waals surface area contributed by atoms with Gasteiger partial charge in [0.15, 0.2) is 11.6 Å². The third kappa shape index (κ3) is 4.03. The lowest BCUT2D eigenvalue weighted by Gasteiger charge is -2.38. The molecular formula is C24H26N6OS. The van der Waals surface area contributed by atoms with Gasteiger partial charge in [-0.25, -0.2) is 9.97 Å². The second kappa shape index (κ2) is 9.18. The minimum atomic E-state index is 0.308. The summed E-state index contributed by atoms with van der Waals surface area (Å²) < 4.78 is 5.36. The van der Waals surface area contributed by atoms with Crippen LogP contribution in [0.2, 0.25) is 0 Å². The lowest BCUT2D eigenvalue weighted by molar-refractivity contribution is 0.178. The molecule has 5 rings (SSSR count). The number of hydrogen-bond acceptors (Lipinski definition) is 8. The highest BCUT2D eigenvalue weighted by molar-refractivity contribution is 7.17. The molecule has 1 aromatic carbocycles. The first kappa shape index (κ1) is 20.8. The SMILES string of the molecule is COCc1nc(N(C)C2CCCN(c3cccnn3)C2)c2c(-c3ccccc3)csc2n1. The number of likely N-dealkylation sites (N-methyl/N-ethyl adjacent to an activating group) is 1. The molecule has 0 aliphatic carbocycles. The molecule has 8 heteroatoms. The number of ether oxygens (including phenoxy) is 1. The van der Waals surface area contributed by atoms with Gasteiger partial charge in [0.05, 0.1) is 5.39 Å². The first-order valence-electron chi connectivity index (χ1n) is 10.8. The molecule has 0 spiro atoms. The van der Waals surface area contributed by atoms with Crippen molar-refractivity contribution in [2.45, 2.75) is 25.5 Å². The fourth-order valence-corrected chi connectivity index (χ4v) is 5.32. The van der Waals surface area contributed by atoms with Gasteiger partial charge in [-0.1, -0.05) is 30.3 Å². The Hall–Kier alpha value is -3.10. The molecule has 1 aliphatic heterocycles. The Kier molecular flexibility index (Phi) is 5.96. The van der Waals surface area contributed by atoms with Crippen LogP contribution in [-0.2, 0) is 11.3 Å². The zero-order chi connectivity index (χ0) is 21.9. The highest BCUT2D eigenvalue weighted by Crippen LogP contribution is 2.39. The van der Waals surface area contributed by atoms with Crippen LogP contribution < -0.4 is 9.80 Å². The fourth-order valence-electron chi connectivity index (χ4n) is 4.36. The number of aromatic nitrogens is 4. The van der Waals surface area contributed by atoms with Crippen LogP contribution in [0.1, 0.15) is 18.7 Å². The van der Waals surface area contributed by atoms with Gasteiger partial charge in [-0.15, -0.1) is 16.4 Å². The molecule has 32 heavy (non-hydrogen) atoms. The number of fused-ring (bicyclic) bond motifs is 1. The quantitative estimate of drug-likeness (QED) is 0.435. The maximum absolute atomic E-state index is 5.36. The number of nitrogens with zero attached hydrogens (tertiary/aromatic N) is 6. The fraction of sp³-hybridized carbons (Fsp3) is 0.333. The van der Waals surface area contributed by atoms with Crippen molar-refractivity contribution in [3.63, 3.8) is 0 Å². The molecule has 7 nitrogen and oxygen atoms in total. The minimum absolute atomic E-state index is 0.308. The Morgan fingerprint density at radius 3 is 2.81 bits per heavy atom. The van der Waals surface area contributed by atoms with Gasteiger partial charge in [0.25, 0.3) is 0 Å². The summed E-state index contributed by atoms with van der Waals surface area (Å²) in [6.07, 6.45) is 3.91. The van der Waals surface area contributed by atoms with Crippen LogP contribution in [0.25, 0.3) is 21.3 Å². The molecule has 4 heterocycles. The monoisotopic (exact) mass is 446 g/mol. The van der Waals surface area contributed by atoms with E-state index in [1.807, 2.05) is 18.2 Å². The second-order valence-electron chi connectivity index (χ2n) is 8.03. The predicted molar refractivity (Wildman–Crippen MR) is 129 cm³/mol. The maximum Gasteiger partial charge on any atom is 0.158 e. The van der Waals surface area contributed by atoms with Gasteiger partial charge in [0, 0.05) is 50.4 Å². The Bertz CT molecular complexity index is 1180. The summed E-state index contributed by atoms with van der Waals surface area (Å²) in [6, 6.07) is 14.8. The van der Waals surface area contributed by atoms with Gasteiger partial charge in [-0.05, 0) is 30.5 Å². The summed E-state index contributed by atoms with van der Waals surface area (Å²) in [5.74, 6) is 2.61. The maximum atomic E-state index is 5.36. The van der Waals surface area contributed by atoms with Gasteiger partial charge in [-0.2, -0.15) is 5.10 Å². The van der Waals surface area contributed by atoms with E-state index in [9.17, 15) is 0 Å². The normalized spacial score (nSPS) is 16.4. The Balaban J connectivity index is 1.55. The lowest BCUT2D eigenvalue weighted by atomic mass is 10.0. The van der Waals surface area contributed by atoms with Crippen LogP contribution in [0.15, 0.2) is 54.0 Å². The van der Waals surface area contributed by atoms with Crippen molar-refractivity contribution < 1.29 is 4.74 Å². The summed E-state index contributed by atoms with van der Waals surface area (Å²) >= 11 is 1.66. The zero-order valence-electron chi connectivity index (χ0n) is 18.3. The summed E-state index contributed by atoms with van der Waals surface area (Å²) in [5.41, 5.74) is 2.36. The van der Waals surface area contributed by atoms with Crippen molar-refractivity contribution >= 4 is 33.2 Å². The average Bonchev–Trinajstić information content (AvgIpc) is 3.28. The van der Waals surface area contributed by atoms with Crippen LogP contribution in [0.4, 0.5) is 11.6 Å². The average molecular weight is 447 g/mol. The van der Waals surface area contributed by atoms with Crippen LogP contribution >= 0.6 is 11.3 Å². The second-order valence-corrected chi connectivity index (χ2v) is 8.88. The van der Waals surface area contributed by atoms with Crippen LogP contribution in [0.5, 0.6) is 0 Å². The number of piperidine rings is 1. The van der Waals surface area contributed by atoms with Crippen molar-refractivity contribution in [1.29, 1.82) is 0 Å².